The summed E-state index contributed by atoms with van der Waals surface area (Å²) in [7, 11) is 0. The standard InChI is InChI=1S/C13H18FN3O2/c1-8-13(2,6-7-19-8)16-12(18)9-4-3-5-10(14)11(9)17-15/h3-5,8,17H,6-7,15H2,1-2H3,(H,16,18). The Labute approximate surface area is 111 Å². The van der Waals surface area contributed by atoms with Crippen LogP contribution in [0.2, 0.25) is 0 Å². The Morgan fingerprint density at radius 3 is 2.89 bits per heavy atom. The molecule has 1 heterocycles. The summed E-state index contributed by atoms with van der Waals surface area (Å²) < 4.78 is 19.0. The third-order valence-corrected chi connectivity index (χ3v) is 3.69. The number of ether oxygens (including phenoxy) is 1. The maximum absolute atomic E-state index is 13.5. The van der Waals surface area contributed by atoms with Gasteiger partial charge in [-0.15, -0.1) is 0 Å². The Hall–Kier alpha value is -1.66. The molecule has 104 valence electrons. The zero-order valence-corrected chi connectivity index (χ0v) is 11.0. The van der Waals surface area contributed by atoms with Gasteiger partial charge in [-0.3, -0.25) is 10.6 Å². The van der Waals surface area contributed by atoms with Crippen molar-refractivity contribution in [2.45, 2.75) is 31.9 Å². The number of hydrazine groups is 1. The maximum atomic E-state index is 13.5. The molecule has 1 fully saturated rings. The predicted octanol–water partition coefficient (Wildman–Crippen LogP) is 1.41. The summed E-state index contributed by atoms with van der Waals surface area (Å²) in [5, 5.41) is 2.90. The Bertz CT molecular complexity index is 495. The number of amides is 1. The molecule has 1 amide bonds. The summed E-state index contributed by atoms with van der Waals surface area (Å²) in [4.78, 5) is 12.3. The lowest BCUT2D eigenvalue weighted by atomic mass is 9.94. The topological polar surface area (TPSA) is 76.4 Å². The molecule has 5 nitrogen and oxygen atoms in total. The predicted molar refractivity (Wildman–Crippen MR) is 70.1 cm³/mol. The van der Waals surface area contributed by atoms with Crippen molar-refractivity contribution in [3.8, 4) is 0 Å². The summed E-state index contributed by atoms with van der Waals surface area (Å²) in [5.74, 6) is 4.34. The van der Waals surface area contributed by atoms with Gasteiger partial charge in [-0.25, -0.2) is 4.39 Å². The minimum atomic E-state index is -0.559. The summed E-state index contributed by atoms with van der Waals surface area (Å²) in [6, 6.07) is 4.24. The van der Waals surface area contributed by atoms with Crippen LogP contribution < -0.4 is 16.6 Å². The number of anilines is 1. The average molecular weight is 267 g/mol. The fourth-order valence-electron chi connectivity index (χ4n) is 2.19. The van der Waals surface area contributed by atoms with Crippen LogP contribution in [0.3, 0.4) is 0 Å². The second kappa shape index (κ2) is 5.14. The van der Waals surface area contributed by atoms with Gasteiger partial charge in [-0.05, 0) is 32.4 Å². The molecule has 2 unspecified atom stereocenters. The summed E-state index contributed by atoms with van der Waals surface area (Å²) in [5.41, 5.74) is 1.96. The molecule has 2 atom stereocenters. The lowest BCUT2D eigenvalue weighted by Crippen LogP contribution is -2.50. The molecule has 1 aromatic carbocycles. The van der Waals surface area contributed by atoms with E-state index in [4.69, 9.17) is 10.6 Å². The Balaban J connectivity index is 2.23. The molecule has 6 heteroatoms. The smallest absolute Gasteiger partial charge is 0.254 e. The Morgan fingerprint density at radius 1 is 1.58 bits per heavy atom. The fraction of sp³-hybridized carbons (Fsp3) is 0.462. The molecule has 0 aromatic heterocycles. The second-order valence-corrected chi connectivity index (χ2v) is 4.94. The van der Waals surface area contributed by atoms with E-state index in [1.54, 1.807) is 0 Å². The van der Waals surface area contributed by atoms with Gasteiger partial charge >= 0.3 is 0 Å². The van der Waals surface area contributed by atoms with Crippen molar-refractivity contribution < 1.29 is 13.9 Å². The van der Waals surface area contributed by atoms with Crippen molar-refractivity contribution in [3.63, 3.8) is 0 Å². The van der Waals surface area contributed by atoms with Crippen LogP contribution in [-0.4, -0.2) is 24.2 Å². The highest BCUT2D eigenvalue weighted by Gasteiger charge is 2.38. The number of hydrogen-bond donors (Lipinski definition) is 3. The second-order valence-electron chi connectivity index (χ2n) is 4.94. The van der Waals surface area contributed by atoms with Crippen molar-refractivity contribution in [1.29, 1.82) is 0 Å². The van der Waals surface area contributed by atoms with Crippen LogP contribution in [0.15, 0.2) is 18.2 Å². The summed E-state index contributed by atoms with van der Waals surface area (Å²) >= 11 is 0. The van der Waals surface area contributed by atoms with Gasteiger partial charge in [-0.1, -0.05) is 6.07 Å². The highest BCUT2D eigenvalue weighted by Crippen LogP contribution is 2.26. The Kier molecular flexibility index (Phi) is 3.73. The highest BCUT2D eigenvalue weighted by atomic mass is 19.1. The number of nitrogens with one attached hydrogen (secondary N) is 2. The molecule has 0 spiro atoms. The molecule has 1 aromatic rings. The lowest BCUT2D eigenvalue weighted by Gasteiger charge is -2.29. The number of nitrogens with two attached hydrogens (primary N) is 1. The van der Waals surface area contributed by atoms with E-state index >= 15 is 0 Å². The van der Waals surface area contributed by atoms with E-state index in [2.05, 4.69) is 10.7 Å². The van der Waals surface area contributed by atoms with Crippen LogP contribution in [0, 0.1) is 5.82 Å². The van der Waals surface area contributed by atoms with Crippen LogP contribution in [0.5, 0.6) is 0 Å². The monoisotopic (exact) mass is 267 g/mol. The largest absolute Gasteiger partial charge is 0.376 e. The van der Waals surface area contributed by atoms with Crippen molar-refractivity contribution in [2.24, 2.45) is 5.84 Å². The first-order valence-electron chi connectivity index (χ1n) is 6.17. The number of rotatable bonds is 3. The minimum absolute atomic E-state index is 0.00447. The van der Waals surface area contributed by atoms with E-state index in [1.807, 2.05) is 13.8 Å². The number of para-hydroxylation sites is 1. The molecule has 1 saturated heterocycles. The van der Waals surface area contributed by atoms with Crippen molar-refractivity contribution in [3.05, 3.63) is 29.6 Å². The third kappa shape index (κ3) is 2.54. The fourth-order valence-corrected chi connectivity index (χ4v) is 2.19. The first-order chi connectivity index (χ1) is 8.98. The molecule has 0 radical (unpaired) electrons. The van der Waals surface area contributed by atoms with E-state index < -0.39 is 11.4 Å². The van der Waals surface area contributed by atoms with E-state index in [0.29, 0.717) is 6.61 Å². The molecular weight excluding hydrogens is 249 g/mol. The van der Waals surface area contributed by atoms with Gasteiger partial charge < -0.3 is 15.5 Å². The zero-order chi connectivity index (χ0) is 14.0. The first-order valence-corrected chi connectivity index (χ1v) is 6.17. The molecule has 1 aliphatic rings. The number of halogens is 1. The van der Waals surface area contributed by atoms with Crippen LogP contribution >= 0.6 is 0 Å². The molecule has 2 rings (SSSR count). The normalized spacial score (nSPS) is 26.2. The highest BCUT2D eigenvalue weighted by molar-refractivity contribution is 6.00. The van der Waals surface area contributed by atoms with Crippen molar-refractivity contribution in [2.75, 3.05) is 12.0 Å². The van der Waals surface area contributed by atoms with Crippen molar-refractivity contribution >= 4 is 11.6 Å². The zero-order valence-electron chi connectivity index (χ0n) is 11.0. The summed E-state index contributed by atoms with van der Waals surface area (Å²) in [6.07, 6.45) is 0.639. The molecule has 19 heavy (non-hydrogen) atoms. The van der Waals surface area contributed by atoms with Gasteiger partial charge in [0.1, 0.15) is 5.82 Å². The van der Waals surface area contributed by atoms with Gasteiger partial charge in [0, 0.05) is 6.61 Å². The third-order valence-electron chi connectivity index (χ3n) is 3.69. The SMILES string of the molecule is CC1OCCC1(C)NC(=O)c1cccc(F)c1NN. The van der Waals surface area contributed by atoms with Gasteiger partial charge in [0.25, 0.3) is 5.91 Å². The number of carbonyl (C=O) groups is 1. The van der Waals surface area contributed by atoms with E-state index in [0.717, 1.165) is 6.42 Å². The Morgan fingerprint density at radius 2 is 2.32 bits per heavy atom. The number of hydrogen-bond acceptors (Lipinski definition) is 4. The summed E-state index contributed by atoms with van der Waals surface area (Å²) in [6.45, 7) is 4.42. The number of nitrogen functional groups attached to an aromatic ring is 1. The van der Waals surface area contributed by atoms with Gasteiger partial charge in [0.15, 0.2) is 0 Å². The van der Waals surface area contributed by atoms with Gasteiger partial charge in [0.05, 0.1) is 22.9 Å². The minimum Gasteiger partial charge on any atom is -0.376 e. The van der Waals surface area contributed by atoms with Crippen molar-refractivity contribution in [1.82, 2.24) is 5.32 Å². The van der Waals surface area contributed by atoms with Crippen LogP contribution in [0.1, 0.15) is 30.6 Å². The van der Waals surface area contributed by atoms with E-state index in [9.17, 15) is 9.18 Å². The molecule has 0 saturated carbocycles. The lowest BCUT2D eigenvalue weighted by molar-refractivity contribution is 0.0727. The average Bonchev–Trinajstić information content (AvgIpc) is 2.69. The maximum Gasteiger partial charge on any atom is 0.254 e. The number of benzene rings is 1. The van der Waals surface area contributed by atoms with E-state index in [-0.39, 0.29) is 23.3 Å². The van der Waals surface area contributed by atoms with Crippen LogP contribution in [0.4, 0.5) is 10.1 Å². The molecular formula is C13H18FN3O2. The van der Waals surface area contributed by atoms with E-state index in [1.165, 1.54) is 18.2 Å². The van der Waals surface area contributed by atoms with Crippen LogP contribution in [-0.2, 0) is 4.74 Å². The first kappa shape index (κ1) is 13.8. The molecule has 1 aliphatic heterocycles. The van der Waals surface area contributed by atoms with Gasteiger partial charge in [0.2, 0.25) is 0 Å². The van der Waals surface area contributed by atoms with Crippen LogP contribution in [0.25, 0.3) is 0 Å². The quantitative estimate of drug-likeness (QED) is 0.571. The van der Waals surface area contributed by atoms with Gasteiger partial charge in [-0.2, -0.15) is 0 Å². The molecule has 4 N–H and O–H groups in total. The molecule has 0 bridgehead atoms. The number of carbonyl (C=O) groups excluding carboxylic acids is 1. The molecule has 0 aliphatic carbocycles.